The van der Waals surface area contributed by atoms with E-state index in [9.17, 15) is 8.78 Å². The highest BCUT2D eigenvalue weighted by molar-refractivity contribution is 5.33. The Labute approximate surface area is 176 Å². The standard InChI is InChI=1S/C22H30F2N4O2/c1-14(2)22-26-20(30-27-22)13-28-9-5-17(6-10-28)29-21-18(23)11-16(12-19(21)24)15-3-7-25-8-4-15/h11-12,14-15,17,25H,3-10,13H2,1-2H3. The summed E-state index contributed by atoms with van der Waals surface area (Å²) >= 11 is 0. The molecule has 0 atom stereocenters. The number of halogens is 2. The predicted molar refractivity (Wildman–Crippen MR) is 109 cm³/mol. The topological polar surface area (TPSA) is 63.4 Å². The lowest BCUT2D eigenvalue weighted by atomic mass is 9.90. The van der Waals surface area contributed by atoms with Crippen LogP contribution < -0.4 is 10.1 Å². The van der Waals surface area contributed by atoms with Gasteiger partial charge in [-0.05, 0) is 62.4 Å². The molecule has 0 spiro atoms. The summed E-state index contributed by atoms with van der Waals surface area (Å²) < 4.78 is 40.3. The van der Waals surface area contributed by atoms with Gasteiger partial charge in [0, 0.05) is 19.0 Å². The fraction of sp³-hybridized carbons (Fsp3) is 0.636. The van der Waals surface area contributed by atoms with Crippen LogP contribution in [0.5, 0.6) is 5.75 Å². The first kappa shape index (κ1) is 21.2. The Hall–Kier alpha value is -2.06. The van der Waals surface area contributed by atoms with Gasteiger partial charge in [-0.3, -0.25) is 4.90 Å². The van der Waals surface area contributed by atoms with E-state index in [1.165, 1.54) is 12.1 Å². The van der Waals surface area contributed by atoms with Gasteiger partial charge in [0.1, 0.15) is 6.10 Å². The van der Waals surface area contributed by atoms with Crippen LogP contribution in [0.25, 0.3) is 0 Å². The molecule has 0 radical (unpaired) electrons. The second-order valence-electron chi connectivity index (χ2n) is 8.63. The van der Waals surface area contributed by atoms with Crippen LogP contribution >= 0.6 is 0 Å². The Bertz CT molecular complexity index is 820. The van der Waals surface area contributed by atoms with Crippen LogP contribution in [-0.4, -0.2) is 47.3 Å². The Balaban J connectivity index is 1.32. The van der Waals surface area contributed by atoms with Crippen molar-refractivity contribution >= 4 is 0 Å². The van der Waals surface area contributed by atoms with E-state index >= 15 is 0 Å². The highest BCUT2D eigenvalue weighted by Gasteiger charge is 2.26. The van der Waals surface area contributed by atoms with Gasteiger partial charge in [-0.15, -0.1) is 0 Å². The van der Waals surface area contributed by atoms with Crippen LogP contribution in [0.15, 0.2) is 16.7 Å². The van der Waals surface area contributed by atoms with Gasteiger partial charge < -0.3 is 14.6 Å². The summed E-state index contributed by atoms with van der Waals surface area (Å²) in [5, 5.41) is 7.26. The molecule has 2 aromatic rings. The van der Waals surface area contributed by atoms with Crippen molar-refractivity contribution in [2.45, 2.75) is 64.0 Å². The number of benzene rings is 1. The highest BCUT2D eigenvalue weighted by atomic mass is 19.1. The van der Waals surface area contributed by atoms with E-state index < -0.39 is 11.6 Å². The number of aromatic nitrogens is 2. The van der Waals surface area contributed by atoms with Gasteiger partial charge in [-0.25, -0.2) is 8.78 Å². The van der Waals surface area contributed by atoms with E-state index in [2.05, 4.69) is 20.4 Å². The van der Waals surface area contributed by atoms with Gasteiger partial charge in [-0.2, -0.15) is 4.98 Å². The summed E-state index contributed by atoms with van der Waals surface area (Å²) in [4.78, 5) is 6.61. The Morgan fingerprint density at radius 2 is 1.80 bits per heavy atom. The molecule has 8 heteroatoms. The van der Waals surface area contributed by atoms with E-state index in [1.807, 2.05) is 13.8 Å². The van der Waals surface area contributed by atoms with Crippen LogP contribution in [0.3, 0.4) is 0 Å². The molecule has 2 saturated heterocycles. The molecule has 0 saturated carbocycles. The lowest BCUT2D eigenvalue weighted by molar-refractivity contribution is 0.0842. The van der Waals surface area contributed by atoms with Crippen molar-refractivity contribution in [1.82, 2.24) is 20.4 Å². The van der Waals surface area contributed by atoms with E-state index in [0.29, 0.717) is 31.1 Å². The second kappa shape index (κ2) is 9.39. The minimum atomic E-state index is -0.599. The SMILES string of the molecule is CC(C)c1noc(CN2CCC(Oc3c(F)cc(C4CCNCC4)cc3F)CC2)n1. The molecular formula is C22H30F2N4O2. The maximum absolute atomic E-state index is 14.6. The van der Waals surface area contributed by atoms with Gasteiger partial charge >= 0.3 is 0 Å². The van der Waals surface area contributed by atoms with Gasteiger partial charge in [0.25, 0.3) is 0 Å². The molecule has 6 nitrogen and oxygen atoms in total. The summed E-state index contributed by atoms with van der Waals surface area (Å²) in [6, 6.07) is 2.90. The average Bonchev–Trinajstić information content (AvgIpc) is 3.21. The Kier molecular flexibility index (Phi) is 6.63. The van der Waals surface area contributed by atoms with E-state index in [0.717, 1.165) is 44.6 Å². The highest BCUT2D eigenvalue weighted by Crippen LogP contribution is 2.32. The van der Waals surface area contributed by atoms with Crippen LogP contribution in [0, 0.1) is 11.6 Å². The first-order chi connectivity index (χ1) is 14.5. The quantitative estimate of drug-likeness (QED) is 0.763. The molecule has 30 heavy (non-hydrogen) atoms. The zero-order chi connectivity index (χ0) is 21.1. The number of likely N-dealkylation sites (tertiary alicyclic amines) is 1. The summed E-state index contributed by atoms with van der Waals surface area (Å²) in [6.07, 6.45) is 2.98. The van der Waals surface area contributed by atoms with Crippen molar-refractivity contribution < 1.29 is 18.0 Å². The largest absolute Gasteiger partial charge is 0.484 e. The summed E-state index contributed by atoms with van der Waals surface area (Å²) in [7, 11) is 0. The molecule has 0 amide bonds. The van der Waals surface area contributed by atoms with E-state index in [-0.39, 0.29) is 23.7 Å². The number of piperidine rings is 2. The molecule has 4 rings (SSSR count). The maximum Gasteiger partial charge on any atom is 0.240 e. The number of nitrogens with one attached hydrogen (secondary N) is 1. The minimum absolute atomic E-state index is 0.202. The predicted octanol–water partition coefficient (Wildman–Crippen LogP) is 3.98. The third-order valence-corrected chi connectivity index (χ3v) is 6.01. The minimum Gasteiger partial charge on any atom is -0.484 e. The molecule has 2 aliphatic rings. The summed E-state index contributed by atoms with van der Waals surface area (Å²) in [6.45, 7) is 7.89. The first-order valence-electron chi connectivity index (χ1n) is 10.9. The van der Waals surface area contributed by atoms with Gasteiger partial charge in [0.2, 0.25) is 5.89 Å². The summed E-state index contributed by atoms with van der Waals surface area (Å²) in [5.74, 6) is 0.299. The van der Waals surface area contributed by atoms with Gasteiger partial charge in [-0.1, -0.05) is 19.0 Å². The monoisotopic (exact) mass is 420 g/mol. The Morgan fingerprint density at radius 3 is 2.40 bits per heavy atom. The van der Waals surface area contributed by atoms with Crippen LogP contribution in [0.1, 0.15) is 68.6 Å². The maximum atomic E-state index is 14.6. The first-order valence-corrected chi connectivity index (χ1v) is 10.9. The van der Waals surface area contributed by atoms with Crippen LogP contribution in [-0.2, 0) is 6.54 Å². The smallest absolute Gasteiger partial charge is 0.240 e. The number of rotatable bonds is 6. The molecule has 0 aliphatic carbocycles. The fourth-order valence-electron chi connectivity index (χ4n) is 4.19. The molecule has 1 N–H and O–H groups in total. The van der Waals surface area contributed by atoms with Crippen molar-refractivity contribution in [3.63, 3.8) is 0 Å². The molecule has 1 aromatic heterocycles. The van der Waals surface area contributed by atoms with E-state index in [1.54, 1.807) is 0 Å². The average molecular weight is 421 g/mol. The van der Waals surface area contributed by atoms with Crippen LogP contribution in [0.4, 0.5) is 8.78 Å². The zero-order valence-corrected chi connectivity index (χ0v) is 17.7. The molecule has 164 valence electrons. The van der Waals surface area contributed by atoms with Crippen molar-refractivity contribution in [2.24, 2.45) is 0 Å². The zero-order valence-electron chi connectivity index (χ0n) is 17.7. The number of nitrogens with zero attached hydrogens (tertiary/aromatic N) is 3. The van der Waals surface area contributed by atoms with Crippen molar-refractivity contribution in [3.8, 4) is 5.75 Å². The van der Waals surface area contributed by atoms with Gasteiger partial charge in [0.05, 0.1) is 6.54 Å². The van der Waals surface area contributed by atoms with Crippen molar-refractivity contribution in [1.29, 1.82) is 0 Å². The molecule has 2 aliphatic heterocycles. The number of hydrogen-bond donors (Lipinski definition) is 1. The molecule has 2 fully saturated rings. The van der Waals surface area contributed by atoms with Crippen molar-refractivity contribution in [2.75, 3.05) is 26.2 Å². The molecule has 0 unspecified atom stereocenters. The normalized spacial score (nSPS) is 19.5. The van der Waals surface area contributed by atoms with E-state index in [4.69, 9.17) is 9.26 Å². The molecule has 3 heterocycles. The fourth-order valence-corrected chi connectivity index (χ4v) is 4.19. The lowest BCUT2D eigenvalue weighted by Crippen LogP contribution is -2.38. The van der Waals surface area contributed by atoms with Gasteiger partial charge in [0.15, 0.2) is 23.2 Å². The third kappa shape index (κ3) is 4.98. The lowest BCUT2D eigenvalue weighted by Gasteiger charge is -2.31. The second-order valence-corrected chi connectivity index (χ2v) is 8.63. The molecular weight excluding hydrogens is 390 g/mol. The number of ether oxygens (including phenoxy) is 1. The Morgan fingerprint density at radius 1 is 1.13 bits per heavy atom. The molecule has 1 aromatic carbocycles. The number of hydrogen-bond acceptors (Lipinski definition) is 6. The third-order valence-electron chi connectivity index (χ3n) is 6.01. The summed E-state index contributed by atoms with van der Waals surface area (Å²) in [5.41, 5.74) is 0.731. The molecule has 0 bridgehead atoms. The van der Waals surface area contributed by atoms with Crippen LogP contribution in [0.2, 0.25) is 0 Å². The van der Waals surface area contributed by atoms with Crippen molar-refractivity contribution in [3.05, 3.63) is 41.0 Å².